The van der Waals surface area contributed by atoms with Crippen molar-refractivity contribution in [1.29, 1.82) is 0 Å². The topological polar surface area (TPSA) is 63.9 Å². The van der Waals surface area contributed by atoms with E-state index < -0.39 is 0 Å². The second-order valence-electron chi connectivity index (χ2n) is 7.18. The summed E-state index contributed by atoms with van der Waals surface area (Å²) < 4.78 is 16.9. The molecule has 0 radical (unpaired) electrons. The summed E-state index contributed by atoms with van der Waals surface area (Å²) in [5.41, 5.74) is 1.05. The summed E-state index contributed by atoms with van der Waals surface area (Å²) in [4.78, 5) is 14.9. The Morgan fingerprint density at radius 3 is 2.89 bits per heavy atom. The Morgan fingerprint density at radius 2 is 2.07 bits per heavy atom. The Bertz CT molecular complexity index is 740. The molecule has 2 aliphatic rings. The number of ether oxygens (including phenoxy) is 2. The Kier molecular flexibility index (Phi) is 5.75. The number of rotatable bonds is 7. The van der Waals surface area contributed by atoms with Gasteiger partial charge in [0.1, 0.15) is 11.5 Å². The molecule has 144 valence electrons. The van der Waals surface area contributed by atoms with Crippen LogP contribution in [-0.4, -0.2) is 43.2 Å². The van der Waals surface area contributed by atoms with E-state index >= 15 is 0 Å². The number of carbonyl (C=O) groups excluding carboxylic acids is 1. The SMILES string of the molecule is O=C(CN(Cc1ccco1)CC1CCCO1)NC1CCOc2ccccc21. The highest BCUT2D eigenvalue weighted by Gasteiger charge is 2.25. The average molecular weight is 370 g/mol. The van der Waals surface area contributed by atoms with Gasteiger partial charge in [-0.3, -0.25) is 9.69 Å². The molecule has 3 heterocycles. The Hall–Kier alpha value is -2.31. The van der Waals surface area contributed by atoms with Crippen molar-refractivity contribution in [2.45, 2.75) is 38.0 Å². The van der Waals surface area contributed by atoms with Gasteiger partial charge in [0, 0.05) is 25.1 Å². The second-order valence-corrected chi connectivity index (χ2v) is 7.18. The minimum atomic E-state index is -0.00403. The van der Waals surface area contributed by atoms with Crippen molar-refractivity contribution >= 4 is 5.91 Å². The highest BCUT2D eigenvalue weighted by Crippen LogP contribution is 2.31. The van der Waals surface area contributed by atoms with Gasteiger partial charge in [-0.1, -0.05) is 18.2 Å². The fourth-order valence-corrected chi connectivity index (χ4v) is 3.82. The Morgan fingerprint density at radius 1 is 1.15 bits per heavy atom. The minimum absolute atomic E-state index is 0.00403. The van der Waals surface area contributed by atoms with Gasteiger partial charge >= 0.3 is 0 Å². The van der Waals surface area contributed by atoms with Gasteiger partial charge in [0.2, 0.25) is 5.91 Å². The molecule has 0 aliphatic carbocycles. The first-order valence-electron chi connectivity index (χ1n) is 9.65. The van der Waals surface area contributed by atoms with Crippen LogP contribution in [-0.2, 0) is 16.1 Å². The first-order valence-corrected chi connectivity index (χ1v) is 9.65. The highest BCUT2D eigenvalue weighted by molar-refractivity contribution is 5.78. The number of furan rings is 1. The van der Waals surface area contributed by atoms with Crippen molar-refractivity contribution in [2.24, 2.45) is 0 Å². The fraction of sp³-hybridized carbons (Fsp3) is 0.476. The van der Waals surface area contributed by atoms with Crippen molar-refractivity contribution in [1.82, 2.24) is 10.2 Å². The van der Waals surface area contributed by atoms with E-state index in [9.17, 15) is 4.79 Å². The van der Waals surface area contributed by atoms with Gasteiger partial charge in [0.05, 0.1) is 38.1 Å². The number of nitrogens with zero attached hydrogens (tertiary/aromatic N) is 1. The first kappa shape index (κ1) is 18.1. The third-order valence-corrected chi connectivity index (χ3v) is 5.11. The normalized spacial score (nSPS) is 21.7. The lowest BCUT2D eigenvalue weighted by atomic mass is 10.0. The zero-order valence-electron chi connectivity index (χ0n) is 15.4. The quantitative estimate of drug-likeness (QED) is 0.812. The molecule has 2 aromatic rings. The molecule has 0 saturated carbocycles. The largest absolute Gasteiger partial charge is 0.493 e. The number of amides is 1. The summed E-state index contributed by atoms with van der Waals surface area (Å²) in [7, 11) is 0. The number of carbonyl (C=O) groups is 1. The predicted octanol–water partition coefficient (Wildman–Crippen LogP) is 2.90. The zero-order chi connectivity index (χ0) is 18.5. The lowest BCUT2D eigenvalue weighted by molar-refractivity contribution is -0.123. The minimum Gasteiger partial charge on any atom is -0.493 e. The Labute approximate surface area is 159 Å². The summed E-state index contributed by atoms with van der Waals surface area (Å²) in [5, 5.41) is 3.18. The molecule has 6 nitrogen and oxygen atoms in total. The maximum absolute atomic E-state index is 12.8. The number of hydrogen-bond donors (Lipinski definition) is 1. The van der Waals surface area contributed by atoms with Gasteiger partial charge < -0.3 is 19.2 Å². The molecule has 27 heavy (non-hydrogen) atoms. The summed E-state index contributed by atoms with van der Waals surface area (Å²) in [6.07, 6.45) is 4.77. The van der Waals surface area contributed by atoms with Crippen molar-refractivity contribution < 1.29 is 18.7 Å². The number of benzene rings is 1. The second kappa shape index (κ2) is 8.59. The van der Waals surface area contributed by atoms with E-state index in [0.29, 0.717) is 19.7 Å². The number of fused-ring (bicyclic) bond motifs is 1. The van der Waals surface area contributed by atoms with Crippen LogP contribution in [0, 0.1) is 0 Å². The molecule has 0 bridgehead atoms. The van der Waals surface area contributed by atoms with Gasteiger partial charge in [-0.2, -0.15) is 0 Å². The van der Waals surface area contributed by atoms with Crippen LogP contribution in [0.5, 0.6) is 5.75 Å². The van der Waals surface area contributed by atoms with E-state index in [1.807, 2.05) is 36.4 Å². The van der Waals surface area contributed by atoms with Crippen molar-refractivity contribution in [3.05, 3.63) is 54.0 Å². The average Bonchev–Trinajstić information content (AvgIpc) is 3.36. The summed E-state index contributed by atoms with van der Waals surface area (Å²) in [6.45, 7) is 3.08. The molecule has 1 amide bonds. The molecule has 1 aromatic heterocycles. The molecule has 1 aromatic carbocycles. The monoisotopic (exact) mass is 370 g/mol. The molecule has 2 atom stereocenters. The standard InChI is InChI=1S/C21H26N2O4/c24-21(22-19-9-12-27-20-8-2-1-7-18(19)20)15-23(13-16-5-3-10-25-16)14-17-6-4-11-26-17/h1-3,5,7-8,10,17,19H,4,6,9,11-15H2,(H,22,24). The van der Waals surface area contributed by atoms with Crippen molar-refractivity contribution in [2.75, 3.05) is 26.3 Å². The summed E-state index contributed by atoms with van der Waals surface area (Å²) in [6, 6.07) is 11.7. The predicted molar refractivity (Wildman–Crippen MR) is 100 cm³/mol. The fourth-order valence-electron chi connectivity index (χ4n) is 3.82. The number of para-hydroxylation sites is 1. The summed E-state index contributed by atoms with van der Waals surface area (Å²) >= 11 is 0. The molecular formula is C21H26N2O4. The number of nitrogens with one attached hydrogen (secondary N) is 1. The molecule has 1 saturated heterocycles. The van der Waals surface area contributed by atoms with Gasteiger partial charge in [0.25, 0.3) is 0 Å². The maximum atomic E-state index is 12.8. The van der Waals surface area contributed by atoms with Crippen LogP contribution in [0.1, 0.15) is 36.6 Å². The van der Waals surface area contributed by atoms with Gasteiger partial charge in [-0.05, 0) is 31.0 Å². The van der Waals surface area contributed by atoms with Crippen molar-refractivity contribution in [3.8, 4) is 5.75 Å². The van der Waals surface area contributed by atoms with Crippen LogP contribution >= 0.6 is 0 Å². The molecule has 1 fully saturated rings. The van der Waals surface area contributed by atoms with E-state index in [0.717, 1.165) is 49.5 Å². The molecule has 2 aliphatic heterocycles. The van der Waals surface area contributed by atoms with E-state index in [4.69, 9.17) is 13.9 Å². The van der Waals surface area contributed by atoms with Crippen LogP contribution in [0.25, 0.3) is 0 Å². The van der Waals surface area contributed by atoms with E-state index in [2.05, 4.69) is 10.2 Å². The summed E-state index contributed by atoms with van der Waals surface area (Å²) in [5.74, 6) is 1.74. The Balaban J connectivity index is 1.39. The zero-order valence-corrected chi connectivity index (χ0v) is 15.4. The molecule has 1 N–H and O–H groups in total. The van der Waals surface area contributed by atoms with Crippen LogP contribution in [0.15, 0.2) is 47.1 Å². The van der Waals surface area contributed by atoms with Crippen LogP contribution in [0.3, 0.4) is 0 Å². The van der Waals surface area contributed by atoms with Gasteiger partial charge in [0.15, 0.2) is 0 Å². The highest BCUT2D eigenvalue weighted by atomic mass is 16.5. The third-order valence-electron chi connectivity index (χ3n) is 5.11. The van der Waals surface area contributed by atoms with Crippen LogP contribution in [0.2, 0.25) is 0 Å². The lowest BCUT2D eigenvalue weighted by Crippen LogP contribution is -2.42. The van der Waals surface area contributed by atoms with Gasteiger partial charge in [-0.25, -0.2) is 0 Å². The molecule has 4 rings (SSSR count). The van der Waals surface area contributed by atoms with Crippen LogP contribution in [0.4, 0.5) is 0 Å². The van der Waals surface area contributed by atoms with Gasteiger partial charge in [-0.15, -0.1) is 0 Å². The molecular weight excluding hydrogens is 344 g/mol. The van der Waals surface area contributed by atoms with E-state index in [-0.39, 0.29) is 18.1 Å². The van der Waals surface area contributed by atoms with E-state index in [1.165, 1.54) is 0 Å². The smallest absolute Gasteiger partial charge is 0.234 e. The molecule has 2 unspecified atom stereocenters. The van der Waals surface area contributed by atoms with Crippen molar-refractivity contribution in [3.63, 3.8) is 0 Å². The lowest BCUT2D eigenvalue weighted by Gasteiger charge is -2.28. The van der Waals surface area contributed by atoms with Crippen LogP contribution < -0.4 is 10.1 Å². The molecule has 6 heteroatoms. The van der Waals surface area contributed by atoms with E-state index in [1.54, 1.807) is 6.26 Å². The number of hydrogen-bond acceptors (Lipinski definition) is 5. The molecule has 0 spiro atoms. The third kappa shape index (κ3) is 4.70. The maximum Gasteiger partial charge on any atom is 0.234 e. The first-order chi connectivity index (χ1) is 13.3.